The van der Waals surface area contributed by atoms with Crippen molar-refractivity contribution in [1.82, 2.24) is 7.06 Å². The van der Waals surface area contributed by atoms with Gasteiger partial charge >= 0.3 is 0 Å². The van der Waals surface area contributed by atoms with E-state index in [0.29, 0.717) is 0 Å². The summed E-state index contributed by atoms with van der Waals surface area (Å²) in [6, 6.07) is 0. The summed E-state index contributed by atoms with van der Waals surface area (Å²) in [6.45, 7) is 2.47. The Hall–Kier alpha value is 1.38. The molecule has 3 fully saturated rings. The molecule has 3 rings (SSSR count). The van der Waals surface area contributed by atoms with Crippen LogP contribution in [0, 0.1) is 35.5 Å². The molecule has 3 aliphatic rings. The molecule has 0 aromatic rings. The van der Waals surface area contributed by atoms with Crippen LogP contribution in [0.15, 0.2) is 0 Å². The second-order valence-corrected chi connectivity index (χ2v) is 7.68. The van der Waals surface area contributed by atoms with Crippen LogP contribution < -0.4 is 7.06 Å². The third-order valence-corrected chi connectivity index (χ3v) is 6.79. The molecule has 0 radical (unpaired) electrons. The van der Waals surface area contributed by atoms with E-state index in [2.05, 4.69) is 52.8 Å². The van der Waals surface area contributed by atoms with Crippen molar-refractivity contribution in [1.29, 1.82) is 0 Å². The summed E-state index contributed by atoms with van der Waals surface area (Å²) in [6.07, 6.45) is 7.54. The minimum Gasteiger partial charge on any atom is -0.261 e. The summed E-state index contributed by atoms with van der Waals surface area (Å²) in [5.41, 5.74) is 0. The van der Waals surface area contributed by atoms with Crippen LogP contribution >= 0.6 is 45.7 Å². The Balaban J connectivity index is 1.69. The average molecular weight is 460 g/mol. The van der Waals surface area contributed by atoms with Crippen molar-refractivity contribution in [3.05, 3.63) is 0 Å². The predicted molar refractivity (Wildman–Crippen MR) is 88.1 cm³/mol. The van der Waals surface area contributed by atoms with Crippen molar-refractivity contribution >= 4 is 45.7 Å². The van der Waals surface area contributed by atoms with Crippen molar-refractivity contribution < 1.29 is 0 Å². The fraction of sp³-hybridized carbons (Fsp3) is 1.00. The molecule has 0 saturated heterocycles. The van der Waals surface area contributed by atoms with Crippen LogP contribution in [0.2, 0.25) is 0 Å². The maximum Gasteiger partial charge on any atom is 0.0169 e. The number of rotatable bonds is 5. The molecule has 17 heavy (non-hydrogen) atoms. The van der Waals surface area contributed by atoms with Crippen molar-refractivity contribution in [2.45, 2.75) is 32.1 Å². The molecular formula is C13H22I2N2. The molecule has 0 aromatic carbocycles. The monoisotopic (exact) mass is 460 g/mol. The van der Waals surface area contributed by atoms with Gasteiger partial charge in [0.2, 0.25) is 0 Å². The number of hydrogen-bond acceptors (Lipinski definition) is 2. The van der Waals surface area contributed by atoms with E-state index in [0.717, 1.165) is 35.5 Å². The molecule has 3 aliphatic carbocycles. The van der Waals surface area contributed by atoms with Crippen LogP contribution in [-0.4, -0.2) is 13.1 Å². The summed E-state index contributed by atoms with van der Waals surface area (Å²) >= 11 is 4.63. The summed E-state index contributed by atoms with van der Waals surface area (Å²) in [5, 5.41) is 0. The lowest BCUT2D eigenvalue weighted by Crippen LogP contribution is -2.25. The third kappa shape index (κ3) is 2.29. The molecule has 3 saturated carbocycles. The van der Waals surface area contributed by atoms with Crippen LogP contribution in [0.1, 0.15) is 32.1 Å². The van der Waals surface area contributed by atoms with Crippen molar-refractivity contribution in [2.24, 2.45) is 35.5 Å². The zero-order valence-corrected chi connectivity index (χ0v) is 14.5. The lowest BCUT2D eigenvalue weighted by molar-refractivity contribution is 0.203. The summed E-state index contributed by atoms with van der Waals surface area (Å²) in [5.74, 6) is 6.38. The summed E-state index contributed by atoms with van der Waals surface area (Å²) in [7, 11) is 0. The molecule has 0 amide bonds. The van der Waals surface area contributed by atoms with Gasteiger partial charge < -0.3 is 0 Å². The minimum atomic E-state index is 1.01. The van der Waals surface area contributed by atoms with Gasteiger partial charge in [0.15, 0.2) is 0 Å². The molecule has 6 atom stereocenters. The van der Waals surface area contributed by atoms with Gasteiger partial charge in [-0.3, -0.25) is 7.06 Å². The molecule has 2 bridgehead atoms. The highest BCUT2D eigenvalue weighted by atomic mass is 127. The van der Waals surface area contributed by atoms with Crippen LogP contribution in [0.4, 0.5) is 0 Å². The Morgan fingerprint density at radius 1 is 0.882 bits per heavy atom. The molecule has 0 aromatic heterocycles. The first-order chi connectivity index (χ1) is 8.36. The Morgan fingerprint density at radius 2 is 1.65 bits per heavy atom. The smallest absolute Gasteiger partial charge is 0.0169 e. The first kappa shape index (κ1) is 13.4. The first-order valence-electron chi connectivity index (χ1n) is 7.03. The molecule has 0 aliphatic heterocycles. The number of nitrogens with one attached hydrogen (secondary N) is 2. The fourth-order valence-electron chi connectivity index (χ4n) is 5.42. The first-order valence-corrected chi connectivity index (χ1v) is 9.19. The van der Waals surface area contributed by atoms with Gasteiger partial charge in [0.1, 0.15) is 0 Å². The van der Waals surface area contributed by atoms with Gasteiger partial charge in [-0.25, -0.2) is 0 Å². The number of hydrogen-bond donors (Lipinski definition) is 2. The third-order valence-electron chi connectivity index (χ3n) is 5.81. The molecular weight excluding hydrogens is 438 g/mol. The molecule has 2 nitrogen and oxygen atoms in total. The lowest BCUT2D eigenvalue weighted by atomic mass is 9.77. The van der Waals surface area contributed by atoms with Crippen molar-refractivity contribution in [2.75, 3.05) is 13.1 Å². The van der Waals surface area contributed by atoms with Crippen molar-refractivity contribution in [3.8, 4) is 0 Å². The Morgan fingerprint density at radius 3 is 2.41 bits per heavy atom. The highest BCUT2D eigenvalue weighted by Crippen LogP contribution is 2.63. The molecule has 4 heteroatoms. The van der Waals surface area contributed by atoms with Gasteiger partial charge in [-0.1, -0.05) is 0 Å². The van der Waals surface area contributed by atoms with E-state index in [1.54, 1.807) is 0 Å². The lowest BCUT2D eigenvalue weighted by Gasteiger charge is -2.29. The van der Waals surface area contributed by atoms with E-state index >= 15 is 0 Å². The normalized spacial score (nSPS) is 47.6. The standard InChI is InChI=1S/C13H22I2N2/c14-16-6-5-8-1-2-10-9-3-4-11(13(8)10)12(9)7-17-15/h8-13,16-17H,1-7H2. The highest BCUT2D eigenvalue weighted by Gasteiger charge is 2.57. The van der Waals surface area contributed by atoms with Gasteiger partial charge in [0.05, 0.1) is 0 Å². The van der Waals surface area contributed by atoms with E-state index in [4.69, 9.17) is 0 Å². The Kier molecular flexibility index (Phi) is 4.55. The number of fused-ring (bicyclic) bond motifs is 5. The van der Waals surface area contributed by atoms with Gasteiger partial charge in [-0.2, -0.15) is 0 Å². The summed E-state index contributed by atoms with van der Waals surface area (Å²) in [4.78, 5) is 0. The largest absolute Gasteiger partial charge is 0.261 e. The topological polar surface area (TPSA) is 24.1 Å². The van der Waals surface area contributed by atoms with E-state index in [1.165, 1.54) is 45.2 Å². The predicted octanol–water partition coefficient (Wildman–Crippen LogP) is 3.55. The fourth-order valence-corrected chi connectivity index (χ4v) is 6.24. The van der Waals surface area contributed by atoms with Gasteiger partial charge in [-0.15, -0.1) is 0 Å². The molecule has 6 unspecified atom stereocenters. The molecule has 2 N–H and O–H groups in total. The zero-order valence-electron chi connectivity index (χ0n) is 10.2. The van der Waals surface area contributed by atoms with Crippen LogP contribution in [-0.2, 0) is 0 Å². The average Bonchev–Trinajstić information content (AvgIpc) is 2.98. The number of halogens is 2. The Labute approximate surface area is 132 Å². The maximum absolute atomic E-state index is 3.41. The van der Waals surface area contributed by atoms with E-state index in [-0.39, 0.29) is 0 Å². The Bertz CT molecular complexity index is 274. The van der Waals surface area contributed by atoms with Gasteiger partial charge in [0.25, 0.3) is 0 Å². The second-order valence-electron chi connectivity index (χ2n) is 6.16. The highest BCUT2D eigenvalue weighted by molar-refractivity contribution is 14.1. The maximum atomic E-state index is 3.41. The van der Waals surface area contributed by atoms with Crippen molar-refractivity contribution in [3.63, 3.8) is 0 Å². The van der Waals surface area contributed by atoms with Gasteiger partial charge in [0, 0.05) is 58.8 Å². The molecule has 0 heterocycles. The van der Waals surface area contributed by atoms with Crippen LogP contribution in [0.3, 0.4) is 0 Å². The SMILES string of the molecule is INCCC1CCC2C3CCC(C3CNI)C12. The minimum absolute atomic E-state index is 1.01. The summed E-state index contributed by atoms with van der Waals surface area (Å²) < 4.78 is 6.73. The zero-order chi connectivity index (χ0) is 11.8. The van der Waals surface area contributed by atoms with Crippen LogP contribution in [0.25, 0.3) is 0 Å². The second kappa shape index (κ2) is 5.79. The molecule has 0 spiro atoms. The van der Waals surface area contributed by atoms with E-state index < -0.39 is 0 Å². The van der Waals surface area contributed by atoms with E-state index in [1.807, 2.05) is 0 Å². The quantitative estimate of drug-likeness (QED) is 0.485. The van der Waals surface area contributed by atoms with Crippen LogP contribution in [0.5, 0.6) is 0 Å². The van der Waals surface area contributed by atoms with Gasteiger partial charge in [-0.05, 0) is 67.6 Å². The van der Waals surface area contributed by atoms with E-state index in [9.17, 15) is 0 Å². The molecule has 98 valence electrons.